The second-order valence-corrected chi connectivity index (χ2v) is 2.51. The lowest BCUT2D eigenvalue weighted by Gasteiger charge is -2.04. The molecule has 0 N–H and O–H groups in total. The first-order valence-corrected chi connectivity index (χ1v) is 3.78. The summed E-state index contributed by atoms with van der Waals surface area (Å²) in [7, 11) is 0. The van der Waals surface area contributed by atoms with Crippen LogP contribution in [0.25, 0.3) is 0 Å². The predicted octanol–water partition coefficient (Wildman–Crippen LogP) is 3.04. The first-order valence-electron chi connectivity index (χ1n) is 3.25. The highest BCUT2D eigenvalue weighted by Crippen LogP contribution is 2.23. The van der Waals surface area contributed by atoms with E-state index in [1.165, 1.54) is 0 Å². The Hall–Kier alpha value is -0.840. The standard InChI is InChI=1S/C7H4ClF4N/c8-2-3-1-4(9)7(12)13-5(3)6(10)11/h1,6H,2H2. The normalized spacial score (nSPS) is 10.9. The monoisotopic (exact) mass is 213 g/mol. The van der Waals surface area contributed by atoms with Crippen molar-refractivity contribution < 1.29 is 17.6 Å². The summed E-state index contributed by atoms with van der Waals surface area (Å²) >= 11 is 5.24. The minimum absolute atomic E-state index is 0.199. The van der Waals surface area contributed by atoms with Gasteiger partial charge in [0.15, 0.2) is 5.82 Å². The van der Waals surface area contributed by atoms with Gasteiger partial charge in [-0.05, 0) is 11.6 Å². The maximum absolute atomic E-state index is 12.5. The lowest BCUT2D eigenvalue weighted by Crippen LogP contribution is -2.02. The van der Waals surface area contributed by atoms with Crippen molar-refractivity contribution in [2.24, 2.45) is 0 Å². The van der Waals surface area contributed by atoms with Gasteiger partial charge in [0.1, 0.15) is 5.69 Å². The van der Waals surface area contributed by atoms with E-state index in [4.69, 9.17) is 11.6 Å². The molecule has 1 aromatic rings. The van der Waals surface area contributed by atoms with Crippen LogP contribution in [0.15, 0.2) is 6.07 Å². The summed E-state index contributed by atoms with van der Waals surface area (Å²) < 4.78 is 49.1. The first kappa shape index (κ1) is 10.2. The van der Waals surface area contributed by atoms with Crippen molar-refractivity contribution in [1.29, 1.82) is 0 Å². The zero-order valence-electron chi connectivity index (χ0n) is 6.20. The van der Waals surface area contributed by atoms with E-state index in [1.807, 2.05) is 0 Å². The summed E-state index contributed by atoms with van der Waals surface area (Å²) in [5.74, 6) is -3.15. The number of hydrogen-bond acceptors (Lipinski definition) is 1. The molecule has 0 amide bonds. The van der Waals surface area contributed by atoms with E-state index < -0.39 is 23.9 Å². The van der Waals surface area contributed by atoms with Crippen molar-refractivity contribution in [3.8, 4) is 0 Å². The SMILES string of the molecule is Fc1cc(CCl)c(C(F)F)nc1F. The van der Waals surface area contributed by atoms with Crippen LogP contribution in [-0.2, 0) is 5.88 Å². The molecule has 0 fully saturated rings. The van der Waals surface area contributed by atoms with Gasteiger partial charge >= 0.3 is 0 Å². The van der Waals surface area contributed by atoms with Crippen molar-refractivity contribution in [2.75, 3.05) is 0 Å². The molecule has 1 nitrogen and oxygen atoms in total. The van der Waals surface area contributed by atoms with Gasteiger partial charge < -0.3 is 0 Å². The quantitative estimate of drug-likeness (QED) is 0.418. The summed E-state index contributed by atoms with van der Waals surface area (Å²) in [6, 6.07) is 0.622. The largest absolute Gasteiger partial charge is 0.280 e. The van der Waals surface area contributed by atoms with Gasteiger partial charge in [-0.15, -0.1) is 11.6 Å². The Kier molecular flexibility index (Phi) is 3.08. The zero-order chi connectivity index (χ0) is 10.0. The van der Waals surface area contributed by atoms with Crippen LogP contribution in [0.4, 0.5) is 17.6 Å². The highest BCUT2D eigenvalue weighted by atomic mass is 35.5. The van der Waals surface area contributed by atoms with Gasteiger partial charge in [-0.1, -0.05) is 0 Å². The molecule has 0 bridgehead atoms. The van der Waals surface area contributed by atoms with E-state index in [1.54, 1.807) is 0 Å². The third kappa shape index (κ3) is 2.09. The molecule has 0 aromatic carbocycles. The van der Waals surface area contributed by atoms with E-state index in [0.717, 1.165) is 0 Å². The Morgan fingerprint density at radius 1 is 1.38 bits per heavy atom. The number of pyridine rings is 1. The molecule has 0 aliphatic rings. The fourth-order valence-electron chi connectivity index (χ4n) is 0.813. The molecule has 1 heterocycles. The predicted molar refractivity (Wildman–Crippen MR) is 38.7 cm³/mol. The van der Waals surface area contributed by atoms with Gasteiger partial charge in [-0.25, -0.2) is 18.2 Å². The van der Waals surface area contributed by atoms with Gasteiger partial charge in [-0.3, -0.25) is 0 Å². The average molecular weight is 214 g/mol. The fraction of sp³-hybridized carbons (Fsp3) is 0.286. The number of halogens is 5. The molecule has 6 heteroatoms. The smallest absolute Gasteiger partial charge is 0.216 e. The molecule has 0 unspecified atom stereocenters. The van der Waals surface area contributed by atoms with E-state index in [0.29, 0.717) is 6.07 Å². The minimum atomic E-state index is -2.95. The van der Waals surface area contributed by atoms with Crippen LogP contribution >= 0.6 is 11.6 Å². The Balaban J connectivity index is 3.25. The highest BCUT2D eigenvalue weighted by Gasteiger charge is 2.18. The topological polar surface area (TPSA) is 12.9 Å². The molecule has 0 radical (unpaired) electrons. The Bertz CT molecular complexity index is 316. The molecule has 0 saturated carbocycles. The second kappa shape index (κ2) is 3.91. The van der Waals surface area contributed by atoms with E-state index in [-0.39, 0.29) is 11.4 Å². The van der Waals surface area contributed by atoms with E-state index >= 15 is 0 Å². The Labute approximate surface area is 76.3 Å². The van der Waals surface area contributed by atoms with Crippen LogP contribution in [0, 0.1) is 11.8 Å². The lowest BCUT2D eigenvalue weighted by atomic mass is 10.2. The number of aromatic nitrogens is 1. The molecule has 13 heavy (non-hydrogen) atoms. The lowest BCUT2D eigenvalue weighted by molar-refractivity contribution is 0.143. The first-order chi connectivity index (χ1) is 6.06. The zero-order valence-corrected chi connectivity index (χ0v) is 6.95. The average Bonchev–Trinajstić information content (AvgIpc) is 2.08. The van der Waals surface area contributed by atoms with Crippen LogP contribution in [0.1, 0.15) is 17.7 Å². The van der Waals surface area contributed by atoms with Gasteiger partial charge in [0.2, 0.25) is 5.95 Å². The van der Waals surface area contributed by atoms with E-state index in [2.05, 4.69) is 4.98 Å². The summed E-state index contributed by atoms with van der Waals surface area (Å²) in [5.41, 5.74) is -1.01. The molecular weight excluding hydrogens is 210 g/mol. The van der Waals surface area contributed by atoms with Crippen LogP contribution in [0.2, 0.25) is 0 Å². The van der Waals surface area contributed by atoms with Crippen molar-refractivity contribution >= 4 is 11.6 Å². The van der Waals surface area contributed by atoms with Crippen molar-refractivity contribution in [3.05, 3.63) is 29.1 Å². The third-order valence-corrected chi connectivity index (χ3v) is 1.68. The maximum Gasteiger partial charge on any atom is 0.280 e. The molecule has 1 rings (SSSR count). The molecule has 72 valence electrons. The fourth-order valence-corrected chi connectivity index (χ4v) is 1.03. The highest BCUT2D eigenvalue weighted by molar-refractivity contribution is 6.17. The van der Waals surface area contributed by atoms with Crippen molar-refractivity contribution in [1.82, 2.24) is 4.98 Å². The summed E-state index contributed by atoms with van der Waals surface area (Å²) in [6.45, 7) is 0. The van der Waals surface area contributed by atoms with E-state index in [9.17, 15) is 17.6 Å². The molecular formula is C7H4ClF4N. The summed E-state index contributed by atoms with van der Waals surface area (Å²) in [6.07, 6.45) is -2.95. The van der Waals surface area contributed by atoms with Gasteiger partial charge in [0.05, 0.1) is 0 Å². The van der Waals surface area contributed by atoms with Crippen LogP contribution in [0.3, 0.4) is 0 Å². The van der Waals surface area contributed by atoms with Crippen molar-refractivity contribution in [2.45, 2.75) is 12.3 Å². The molecule has 0 aliphatic heterocycles. The van der Waals surface area contributed by atoms with Crippen LogP contribution in [0.5, 0.6) is 0 Å². The number of hydrogen-bond donors (Lipinski definition) is 0. The van der Waals surface area contributed by atoms with Gasteiger partial charge in [-0.2, -0.15) is 4.39 Å². The molecule has 1 aromatic heterocycles. The number of rotatable bonds is 2. The van der Waals surface area contributed by atoms with Crippen LogP contribution in [-0.4, -0.2) is 4.98 Å². The Morgan fingerprint density at radius 2 is 2.00 bits per heavy atom. The maximum atomic E-state index is 12.5. The summed E-state index contributed by atoms with van der Waals surface area (Å²) in [4.78, 5) is 2.77. The summed E-state index contributed by atoms with van der Waals surface area (Å²) in [5, 5.41) is 0. The van der Waals surface area contributed by atoms with Gasteiger partial charge in [0.25, 0.3) is 6.43 Å². The number of nitrogens with zero attached hydrogens (tertiary/aromatic N) is 1. The number of alkyl halides is 3. The molecule has 0 saturated heterocycles. The third-order valence-electron chi connectivity index (χ3n) is 1.40. The molecule has 0 atom stereocenters. The van der Waals surface area contributed by atoms with Crippen LogP contribution < -0.4 is 0 Å². The van der Waals surface area contributed by atoms with Crippen molar-refractivity contribution in [3.63, 3.8) is 0 Å². The molecule has 0 spiro atoms. The minimum Gasteiger partial charge on any atom is -0.216 e. The second-order valence-electron chi connectivity index (χ2n) is 2.24. The molecule has 0 aliphatic carbocycles. The van der Waals surface area contributed by atoms with Gasteiger partial charge in [0, 0.05) is 5.88 Å². The Morgan fingerprint density at radius 3 is 2.46 bits per heavy atom.